The van der Waals surface area contributed by atoms with Crippen LogP contribution in [-0.4, -0.2) is 42.0 Å². The molecule has 0 saturated carbocycles. The van der Waals surface area contributed by atoms with Crippen LogP contribution in [0.2, 0.25) is 0 Å². The largest absolute Gasteiger partial charge is 0.371 e. The quantitative estimate of drug-likeness (QED) is 0.629. The van der Waals surface area contributed by atoms with Gasteiger partial charge in [0.05, 0.1) is 4.92 Å². The Hall–Kier alpha value is -1.62. The zero-order valence-electron chi connectivity index (χ0n) is 14.0. The second-order valence-electron chi connectivity index (χ2n) is 6.74. The smallest absolute Gasteiger partial charge is 0.272 e. The lowest BCUT2D eigenvalue weighted by Crippen LogP contribution is -2.46. The molecule has 126 valence electrons. The van der Waals surface area contributed by atoms with Gasteiger partial charge >= 0.3 is 0 Å². The summed E-state index contributed by atoms with van der Waals surface area (Å²) in [6.07, 6.45) is 7.20. The second kappa shape index (κ2) is 7.30. The maximum absolute atomic E-state index is 11.1. The maximum atomic E-state index is 11.1. The van der Waals surface area contributed by atoms with Gasteiger partial charge in [-0.2, -0.15) is 0 Å². The van der Waals surface area contributed by atoms with E-state index in [4.69, 9.17) is 0 Å². The molecule has 0 aliphatic carbocycles. The average Bonchev–Trinajstić information content (AvgIpc) is 2.62. The molecule has 0 aromatic heterocycles. The van der Waals surface area contributed by atoms with E-state index in [9.17, 15) is 10.1 Å². The molecule has 0 spiro atoms. The third-order valence-electron chi connectivity index (χ3n) is 5.38. The van der Waals surface area contributed by atoms with Gasteiger partial charge in [-0.15, -0.1) is 0 Å². The molecule has 2 heterocycles. The van der Waals surface area contributed by atoms with Crippen LogP contribution in [0.1, 0.15) is 44.6 Å². The number of anilines is 1. The van der Waals surface area contributed by atoms with E-state index in [0.29, 0.717) is 6.42 Å². The molecular weight excluding hydrogens is 290 g/mol. The molecule has 1 aromatic carbocycles. The summed E-state index contributed by atoms with van der Waals surface area (Å²) in [7, 11) is 0. The molecule has 0 unspecified atom stereocenters. The first-order chi connectivity index (χ1) is 11.2. The highest BCUT2D eigenvalue weighted by Gasteiger charge is 2.26. The highest BCUT2D eigenvalue weighted by Crippen LogP contribution is 2.29. The van der Waals surface area contributed by atoms with E-state index in [-0.39, 0.29) is 10.6 Å². The summed E-state index contributed by atoms with van der Waals surface area (Å²) in [6.45, 7) is 6.63. The minimum atomic E-state index is -0.273. The molecule has 23 heavy (non-hydrogen) atoms. The van der Waals surface area contributed by atoms with Gasteiger partial charge in [-0.3, -0.25) is 10.1 Å². The number of aryl methyl sites for hydroxylation is 1. The van der Waals surface area contributed by atoms with E-state index in [0.717, 1.165) is 30.4 Å². The Bertz CT molecular complexity index is 547. The topological polar surface area (TPSA) is 49.6 Å². The highest BCUT2D eigenvalue weighted by molar-refractivity contribution is 5.56. The Labute approximate surface area is 138 Å². The lowest BCUT2D eigenvalue weighted by Gasteiger charge is -2.41. The van der Waals surface area contributed by atoms with E-state index in [2.05, 4.69) is 9.80 Å². The van der Waals surface area contributed by atoms with Gasteiger partial charge < -0.3 is 9.80 Å². The Kier molecular flexibility index (Phi) is 5.16. The number of nitrogens with zero attached hydrogens (tertiary/aromatic N) is 3. The van der Waals surface area contributed by atoms with Crippen LogP contribution >= 0.6 is 0 Å². The molecule has 3 rings (SSSR count). The maximum Gasteiger partial charge on any atom is 0.272 e. The molecule has 2 aliphatic rings. The standard InChI is InChI=1S/C18H27N3O2/c1-2-15-14-17(6-7-18(15)21(22)23)20-12-8-16(9-13-20)19-10-4-3-5-11-19/h6-7,14,16H,2-5,8-13H2,1H3. The Morgan fingerprint density at radius 1 is 1.13 bits per heavy atom. The van der Waals surface area contributed by atoms with Crippen LogP contribution < -0.4 is 4.90 Å². The van der Waals surface area contributed by atoms with Gasteiger partial charge in [-0.25, -0.2) is 0 Å². The zero-order valence-corrected chi connectivity index (χ0v) is 14.0. The number of likely N-dealkylation sites (tertiary alicyclic amines) is 1. The van der Waals surface area contributed by atoms with Gasteiger partial charge in [0.1, 0.15) is 0 Å². The Balaban J connectivity index is 1.64. The van der Waals surface area contributed by atoms with Gasteiger partial charge in [0, 0.05) is 36.4 Å². The van der Waals surface area contributed by atoms with Crippen LogP contribution in [0, 0.1) is 10.1 Å². The van der Waals surface area contributed by atoms with Crippen molar-refractivity contribution in [3.05, 3.63) is 33.9 Å². The van der Waals surface area contributed by atoms with Crippen molar-refractivity contribution in [2.24, 2.45) is 0 Å². The molecule has 5 heteroatoms. The number of hydrogen-bond donors (Lipinski definition) is 0. The molecule has 0 bridgehead atoms. The molecule has 5 nitrogen and oxygen atoms in total. The molecule has 0 N–H and O–H groups in total. The van der Waals surface area contributed by atoms with E-state index in [1.165, 1.54) is 45.2 Å². The van der Waals surface area contributed by atoms with Gasteiger partial charge in [0.25, 0.3) is 5.69 Å². The van der Waals surface area contributed by atoms with Crippen LogP contribution in [0.4, 0.5) is 11.4 Å². The normalized spacial score (nSPS) is 20.7. The van der Waals surface area contributed by atoms with Gasteiger partial charge in [-0.05, 0) is 57.3 Å². The second-order valence-corrected chi connectivity index (χ2v) is 6.74. The molecule has 2 aliphatic heterocycles. The number of hydrogen-bond acceptors (Lipinski definition) is 4. The molecule has 2 saturated heterocycles. The molecule has 0 atom stereocenters. The molecule has 2 fully saturated rings. The summed E-state index contributed by atoms with van der Waals surface area (Å²) in [6, 6.07) is 6.33. The van der Waals surface area contributed by atoms with Crippen molar-refractivity contribution in [2.45, 2.75) is 51.5 Å². The van der Waals surface area contributed by atoms with E-state index in [1.54, 1.807) is 6.07 Å². The number of nitro groups is 1. The van der Waals surface area contributed by atoms with Crippen LogP contribution in [0.25, 0.3) is 0 Å². The first kappa shape index (κ1) is 16.2. The van der Waals surface area contributed by atoms with Crippen LogP contribution in [-0.2, 0) is 6.42 Å². The monoisotopic (exact) mass is 317 g/mol. The third-order valence-corrected chi connectivity index (χ3v) is 5.38. The summed E-state index contributed by atoms with van der Waals surface area (Å²) >= 11 is 0. The number of rotatable bonds is 4. The lowest BCUT2D eigenvalue weighted by atomic mass is 9.99. The summed E-state index contributed by atoms with van der Waals surface area (Å²) in [4.78, 5) is 15.9. The minimum Gasteiger partial charge on any atom is -0.371 e. The van der Waals surface area contributed by atoms with Crippen molar-refractivity contribution in [1.82, 2.24) is 4.90 Å². The summed E-state index contributed by atoms with van der Waals surface area (Å²) in [5.41, 5.74) is 2.23. The van der Waals surface area contributed by atoms with Crippen molar-refractivity contribution in [3.63, 3.8) is 0 Å². The van der Waals surface area contributed by atoms with Crippen LogP contribution in [0.15, 0.2) is 18.2 Å². The van der Waals surface area contributed by atoms with Crippen LogP contribution in [0.5, 0.6) is 0 Å². The predicted molar refractivity (Wildman–Crippen MR) is 93.1 cm³/mol. The van der Waals surface area contributed by atoms with E-state index in [1.807, 2.05) is 19.1 Å². The summed E-state index contributed by atoms with van der Waals surface area (Å²) in [5, 5.41) is 11.1. The SMILES string of the molecule is CCc1cc(N2CCC(N3CCCCC3)CC2)ccc1[N+](=O)[O-]. The van der Waals surface area contributed by atoms with Crippen LogP contribution in [0.3, 0.4) is 0 Å². The average molecular weight is 317 g/mol. The molecule has 0 radical (unpaired) electrons. The van der Waals surface area contributed by atoms with E-state index >= 15 is 0 Å². The summed E-state index contributed by atoms with van der Waals surface area (Å²) in [5.74, 6) is 0. The van der Waals surface area contributed by atoms with E-state index < -0.39 is 0 Å². The minimum absolute atomic E-state index is 0.249. The third kappa shape index (κ3) is 3.66. The number of nitro benzene ring substituents is 1. The van der Waals surface area contributed by atoms with Crippen molar-refractivity contribution in [2.75, 3.05) is 31.1 Å². The summed E-state index contributed by atoms with van der Waals surface area (Å²) < 4.78 is 0. The van der Waals surface area contributed by atoms with Crippen molar-refractivity contribution >= 4 is 11.4 Å². The lowest BCUT2D eigenvalue weighted by molar-refractivity contribution is -0.385. The fraction of sp³-hybridized carbons (Fsp3) is 0.667. The molecular formula is C18H27N3O2. The van der Waals surface area contributed by atoms with Gasteiger partial charge in [0.2, 0.25) is 0 Å². The fourth-order valence-corrected chi connectivity index (χ4v) is 4.00. The zero-order chi connectivity index (χ0) is 16.2. The van der Waals surface area contributed by atoms with Crippen molar-refractivity contribution < 1.29 is 4.92 Å². The fourth-order valence-electron chi connectivity index (χ4n) is 4.00. The predicted octanol–water partition coefficient (Wildman–Crippen LogP) is 3.61. The van der Waals surface area contributed by atoms with Gasteiger partial charge in [0.15, 0.2) is 0 Å². The van der Waals surface area contributed by atoms with Gasteiger partial charge in [-0.1, -0.05) is 13.3 Å². The van der Waals surface area contributed by atoms with Crippen molar-refractivity contribution in [1.29, 1.82) is 0 Å². The first-order valence-electron chi connectivity index (χ1n) is 8.95. The first-order valence-corrected chi connectivity index (χ1v) is 8.95. The molecule has 0 amide bonds. The number of benzene rings is 1. The Morgan fingerprint density at radius 3 is 2.43 bits per heavy atom. The van der Waals surface area contributed by atoms with Crippen molar-refractivity contribution in [3.8, 4) is 0 Å². The number of piperidine rings is 2. The molecule has 1 aromatic rings. The Morgan fingerprint density at radius 2 is 1.83 bits per heavy atom. The highest BCUT2D eigenvalue weighted by atomic mass is 16.6.